The van der Waals surface area contributed by atoms with E-state index in [1.165, 1.54) is 22.6 Å². The van der Waals surface area contributed by atoms with Gasteiger partial charge in [0.05, 0.1) is 0 Å². The maximum absolute atomic E-state index is 12.5. The van der Waals surface area contributed by atoms with Crippen molar-refractivity contribution in [2.45, 2.75) is 35.3 Å². The zero-order valence-electron chi connectivity index (χ0n) is 6.81. The predicted molar refractivity (Wildman–Crippen MR) is 44.0 cm³/mol. The summed E-state index contributed by atoms with van der Waals surface area (Å²) < 4.78 is 83.0. The molecule has 0 aliphatic heterocycles. The molecule has 0 aliphatic carbocycles. The Labute approximate surface area is 89.0 Å². The second-order valence-electron chi connectivity index (χ2n) is 2.76. The van der Waals surface area contributed by atoms with Crippen LogP contribution in [0.1, 0.15) is 13.3 Å². The van der Waals surface area contributed by atoms with Gasteiger partial charge in [0.2, 0.25) is 0 Å². The van der Waals surface area contributed by atoms with Gasteiger partial charge in [0, 0.05) is 10.3 Å². The molecule has 0 saturated carbocycles. The van der Waals surface area contributed by atoms with Gasteiger partial charge in [-0.1, -0.05) is 29.5 Å². The fourth-order valence-electron chi connectivity index (χ4n) is 0.689. The van der Waals surface area contributed by atoms with Crippen molar-refractivity contribution in [3.63, 3.8) is 0 Å². The normalized spacial score (nSPS) is 16.9. The highest BCUT2D eigenvalue weighted by Gasteiger charge is 2.72. The Balaban J connectivity index is 4.88. The summed E-state index contributed by atoms with van der Waals surface area (Å²) in [5, 5.41) is 0. The highest BCUT2D eigenvalue weighted by molar-refractivity contribution is 14.1. The minimum Gasteiger partial charge on any atom is -0.199 e. The molecule has 0 aromatic rings. The van der Waals surface area contributed by atoms with E-state index < -0.39 is 28.4 Å². The lowest BCUT2D eigenvalue weighted by Crippen LogP contribution is -2.52. The number of hydrogen-bond acceptors (Lipinski definition) is 0. The van der Waals surface area contributed by atoms with Crippen molar-refractivity contribution >= 4 is 22.6 Å². The first-order valence-corrected chi connectivity index (χ1v) is 4.63. The van der Waals surface area contributed by atoms with Crippen molar-refractivity contribution in [3.8, 4) is 0 Å². The number of hydrogen-bond donors (Lipinski definition) is 0. The molecule has 14 heavy (non-hydrogen) atoms. The lowest BCUT2D eigenvalue weighted by molar-refractivity contribution is -0.355. The molecule has 0 radical (unpaired) electrons. The Bertz CT molecular complexity index is 195. The molecule has 1 atom stereocenters. The van der Waals surface area contributed by atoms with Crippen molar-refractivity contribution in [2.24, 2.45) is 0 Å². The van der Waals surface area contributed by atoms with E-state index in [-0.39, 0.29) is 0 Å². The zero-order chi connectivity index (χ0) is 11.8. The molecule has 0 aliphatic rings. The van der Waals surface area contributed by atoms with Crippen molar-refractivity contribution in [3.05, 3.63) is 0 Å². The molecule has 0 N–H and O–H groups in total. The van der Waals surface area contributed by atoms with Gasteiger partial charge >= 0.3 is 18.0 Å². The summed E-state index contributed by atoms with van der Waals surface area (Å²) >= 11 is 1.36. The Morgan fingerprint density at radius 2 is 1.36 bits per heavy atom. The third kappa shape index (κ3) is 2.86. The van der Waals surface area contributed by atoms with Crippen LogP contribution in [0.4, 0.5) is 30.7 Å². The first-order chi connectivity index (χ1) is 5.92. The van der Waals surface area contributed by atoms with Gasteiger partial charge in [-0.3, -0.25) is 0 Å². The van der Waals surface area contributed by atoms with Gasteiger partial charge in [0.25, 0.3) is 0 Å². The van der Waals surface area contributed by atoms with Crippen molar-refractivity contribution in [1.82, 2.24) is 0 Å². The van der Waals surface area contributed by atoms with Gasteiger partial charge < -0.3 is 0 Å². The Kier molecular flexibility index (Phi) is 4.08. The zero-order valence-corrected chi connectivity index (χ0v) is 8.97. The van der Waals surface area contributed by atoms with Crippen LogP contribution in [0.15, 0.2) is 0 Å². The highest BCUT2D eigenvalue weighted by atomic mass is 127. The lowest BCUT2D eigenvalue weighted by Gasteiger charge is -2.28. The van der Waals surface area contributed by atoms with Crippen LogP contribution in [-0.2, 0) is 0 Å². The topological polar surface area (TPSA) is 0 Å². The van der Waals surface area contributed by atoms with E-state index >= 15 is 0 Å². The summed E-state index contributed by atoms with van der Waals surface area (Å²) in [4.78, 5) is 0. The third-order valence-corrected chi connectivity index (χ3v) is 1.79. The molecular weight excluding hydrogens is 332 g/mol. The van der Waals surface area contributed by atoms with Crippen LogP contribution in [0.25, 0.3) is 0 Å². The van der Waals surface area contributed by atoms with E-state index in [1.807, 2.05) is 0 Å². The first kappa shape index (κ1) is 14.2. The van der Waals surface area contributed by atoms with E-state index in [4.69, 9.17) is 0 Å². The van der Waals surface area contributed by atoms with Crippen molar-refractivity contribution in [2.75, 3.05) is 0 Å². The second-order valence-corrected chi connectivity index (χ2v) is 4.89. The van der Waals surface area contributed by atoms with Gasteiger partial charge in [0.1, 0.15) is 0 Å². The molecular formula is C6H6F7I. The largest absolute Gasteiger partial charge is 0.459 e. The van der Waals surface area contributed by atoms with Crippen LogP contribution in [0.5, 0.6) is 0 Å². The summed E-state index contributed by atoms with van der Waals surface area (Å²) in [7, 11) is 0. The molecule has 0 aromatic carbocycles. The minimum atomic E-state index is -6.22. The standard InChI is InChI=1S/C6H6F7I/c1-3(14)2-4(7,8)5(9,10)6(11,12)13/h3H,2H2,1H3. The van der Waals surface area contributed by atoms with Crippen LogP contribution in [-0.4, -0.2) is 21.9 Å². The molecule has 1 unspecified atom stereocenters. The molecule has 0 amide bonds. The van der Waals surface area contributed by atoms with Gasteiger partial charge in [-0.15, -0.1) is 0 Å². The minimum absolute atomic E-state index is 0.976. The average molecular weight is 338 g/mol. The van der Waals surface area contributed by atoms with E-state index in [0.29, 0.717) is 0 Å². The fraction of sp³-hybridized carbons (Fsp3) is 1.00. The van der Waals surface area contributed by atoms with Gasteiger partial charge in [0.15, 0.2) is 0 Å². The smallest absolute Gasteiger partial charge is 0.199 e. The molecule has 0 bridgehead atoms. The van der Waals surface area contributed by atoms with E-state index in [9.17, 15) is 30.7 Å². The Morgan fingerprint density at radius 3 is 1.57 bits per heavy atom. The van der Waals surface area contributed by atoms with Gasteiger partial charge in [-0.05, 0) is 0 Å². The molecule has 0 aromatic heterocycles. The van der Waals surface area contributed by atoms with E-state index in [2.05, 4.69) is 0 Å². The van der Waals surface area contributed by atoms with Crippen LogP contribution < -0.4 is 0 Å². The number of halogens is 8. The monoisotopic (exact) mass is 338 g/mol. The summed E-state index contributed by atoms with van der Waals surface area (Å²) in [5.41, 5.74) is 0. The van der Waals surface area contributed by atoms with Crippen LogP contribution in [0, 0.1) is 0 Å². The highest BCUT2D eigenvalue weighted by Crippen LogP contribution is 2.48. The summed E-state index contributed by atoms with van der Waals surface area (Å²) in [6.45, 7) is 1.13. The Hall–Kier alpha value is 0.240. The summed E-state index contributed by atoms with van der Waals surface area (Å²) in [5.74, 6) is -11.0. The van der Waals surface area contributed by atoms with Crippen molar-refractivity contribution in [1.29, 1.82) is 0 Å². The van der Waals surface area contributed by atoms with Crippen LogP contribution in [0.2, 0.25) is 0 Å². The van der Waals surface area contributed by atoms with Crippen LogP contribution >= 0.6 is 22.6 Å². The lowest BCUT2D eigenvalue weighted by atomic mass is 10.1. The third-order valence-electron chi connectivity index (χ3n) is 1.35. The van der Waals surface area contributed by atoms with Crippen LogP contribution in [0.3, 0.4) is 0 Å². The molecule has 8 heteroatoms. The predicted octanol–water partition coefficient (Wildman–Crippen LogP) is 4.03. The van der Waals surface area contributed by atoms with Gasteiger partial charge in [-0.2, -0.15) is 30.7 Å². The maximum atomic E-state index is 12.5. The molecule has 0 rings (SSSR count). The first-order valence-electron chi connectivity index (χ1n) is 3.38. The molecule has 0 nitrogen and oxygen atoms in total. The van der Waals surface area contributed by atoms with E-state index in [1.54, 1.807) is 0 Å². The number of rotatable bonds is 3. The fourth-order valence-corrected chi connectivity index (χ4v) is 1.24. The molecule has 0 heterocycles. The second kappa shape index (κ2) is 4.01. The quantitative estimate of drug-likeness (QED) is 0.414. The molecule has 86 valence electrons. The molecule has 0 saturated heterocycles. The average Bonchev–Trinajstić information content (AvgIpc) is 1.80. The Morgan fingerprint density at radius 1 is 1.00 bits per heavy atom. The van der Waals surface area contributed by atoms with Gasteiger partial charge in [-0.25, -0.2) is 0 Å². The summed E-state index contributed by atoms with van der Waals surface area (Å²) in [6.07, 6.45) is -7.73. The van der Waals surface area contributed by atoms with Crippen molar-refractivity contribution < 1.29 is 30.7 Å². The maximum Gasteiger partial charge on any atom is 0.459 e. The molecule has 0 spiro atoms. The number of alkyl halides is 8. The SMILES string of the molecule is CC(I)CC(F)(F)C(F)(F)C(F)(F)F. The van der Waals surface area contributed by atoms with E-state index in [0.717, 1.165) is 6.92 Å². The summed E-state index contributed by atoms with van der Waals surface area (Å²) in [6, 6.07) is 0. The molecule has 0 fully saturated rings.